The highest BCUT2D eigenvalue weighted by molar-refractivity contribution is 5.82. The fraction of sp³-hybridized carbons (Fsp3) is 0.857. The number of fused-ring (bicyclic) bond motifs is 1. The van der Waals surface area contributed by atoms with Crippen LogP contribution in [-0.2, 0) is 14.3 Å². The van der Waals surface area contributed by atoms with Crippen LogP contribution in [0.5, 0.6) is 0 Å². The van der Waals surface area contributed by atoms with Crippen molar-refractivity contribution < 1.29 is 19.1 Å². The maximum atomic E-state index is 12.3. The van der Waals surface area contributed by atoms with E-state index in [-0.39, 0.29) is 12.0 Å². The number of hydrogen-bond acceptors (Lipinski definition) is 4. The normalized spacial score (nSPS) is 30.1. The molecule has 1 saturated carbocycles. The molecule has 5 heteroatoms. The molecule has 19 heavy (non-hydrogen) atoms. The van der Waals surface area contributed by atoms with Crippen molar-refractivity contribution in [3.63, 3.8) is 0 Å². The van der Waals surface area contributed by atoms with Gasteiger partial charge < -0.3 is 9.47 Å². The van der Waals surface area contributed by atoms with E-state index in [1.165, 1.54) is 7.11 Å². The summed E-state index contributed by atoms with van der Waals surface area (Å²) in [4.78, 5) is 25.8. The molecule has 2 aliphatic rings. The summed E-state index contributed by atoms with van der Waals surface area (Å²) in [5, 5.41) is 0. The largest absolute Gasteiger partial charge is 0.467 e. The van der Waals surface area contributed by atoms with E-state index >= 15 is 0 Å². The number of nitrogens with zero attached hydrogens (tertiary/aromatic N) is 1. The van der Waals surface area contributed by atoms with Crippen LogP contribution in [0.25, 0.3) is 0 Å². The zero-order valence-corrected chi connectivity index (χ0v) is 12.1. The first-order valence-electron chi connectivity index (χ1n) is 6.92. The van der Waals surface area contributed by atoms with E-state index in [2.05, 4.69) is 0 Å². The molecule has 0 spiro atoms. The van der Waals surface area contributed by atoms with Gasteiger partial charge in [0, 0.05) is 6.04 Å². The Labute approximate surface area is 114 Å². The van der Waals surface area contributed by atoms with E-state index in [0.29, 0.717) is 12.3 Å². The van der Waals surface area contributed by atoms with Gasteiger partial charge in [-0.3, -0.25) is 4.90 Å². The maximum absolute atomic E-state index is 12.3. The van der Waals surface area contributed by atoms with Gasteiger partial charge >= 0.3 is 12.1 Å². The average Bonchev–Trinajstić information content (AvgIpc) is 2.84. The van der Waals surface area contributed by atoms with E-state index in [4.69, 9.17) is 9.47 Å². The Kier molecular flexibility index (Phi) is 3.74. The van der Waals surface area contributed by atoms with Crippen LogP contribution in [0.3, 0.4) is 0 Å². The highest BCUT2D eigenvalue weighted by Gasteiger charge is 2.50. The van der Waals surface area contributed by atoms with Gasteiger partial charge in [0.15, 0.2) is 0 Å². The molecule has 0 bridgehead atoms. The minimum absolute atomic E-state index is 0.138. The van der Waals surface area contributed by atoms with Crippen molar-refractivity contribution in [1.82, 2.24) is 4.90 Å². The molecule has 1 aliphatic heterocycles. The fourth-order valence-corrected chi connectivity index (χ4v) is 3.21. The Morgan fingerprint density at radius 2 is 1.89 bits per heavy atom. The molecule has 0 unspecified atom stereocenters. The van der Waals surface area contributed by atoms with Crippen LogP contribution < -0.4 is 0 Å². The quantitative estimate of drug-likeness (QED) is 0.686. The molecule has 2 fully saturated rings. The maximum Gasteiger partial charge on any atom is 0.411 e. The molecule has 0 N–H and O–H groups in total. The van der Waals surface area contributed by atoms with Crippen molar-refractivity contribution in [2.75, 3.05) is 7.11 Å². The molecule has 1 aliphatic carbocycles. The van der Waals surface area contributed by atoms with Crippen LogP contribution in [0, 0.1) is 5.92 Å². The Morgan fingerprint density at radius 3 is 2.47 bits per heavy atom. The molecular weight excluding hydrogens is 246 g/mol. The van der Waals surface area contributed by atoms with Gasteiger partial charge in [0.25, 0.3) is 0 Å². The van der Waals surface area contributed by atoms with Crippen molar-refractivity contribution >= 4 is 12.1 Å². The number of likely N-dealkylation sites (tertiary alicyclic amines) is 1. The Balaban J connectivity index is 2.17. The molecule has 0 aromatic carbocycles. The second-order valence-electron chi connectivity index (χ2n) is 6.42. The van der Waals surface area contributed by atoms with Crippen LogP contribution in [0.15, 0.2) is 0 Å². The molecule has 1 heterocycles. The van der Waals surface area contributed by atoms with Gasteiger partial charge in [0.05, 0.1) is 7.11 Å². The van der Waals surface area contributed by atoms with Crippen molar-refractivity contribution in [1.29, 1.82) is 0 Å². The van der Waals surface area contributed by atoms with E-state index in [1.807, 2.05) is 20.8 Å². The van der Waals surface area contributed by atoms with Crippen molar-refractivity contribution in [2.45, 2.75) is 64.1 Å². The van der Waals surface area contributed by atoms with Gasteiger partial charge in [0.1, 0.15) is 11.6 Å². The van der Waals surface area contributed by atoms with E-state index in [9.17, 15) is 9.59 Å². The SMILES string of the molecule is COC(=O)[C@H]1C[C@@H]2CCC[C@@H]2N1C(=O)OC(C)(C)C. The summed E-state index contributed by atoms with van der Waals surface area (Å²) in [7, 11) is 1.36. The average molecular weight is 269 g/mol. The van der Waals surface area contributed by atoms with Gasteiger partial charge in [-0.05, 0) is 46.0 Å². The second kappa shape index (κ2) is 5.02. The first-order valence-corrected chi connectivity index (χ1v) is 6.92. The number of esters is 1. The Bertz CT molecular complexity index is 374. The first kappa shape index (κ1) is 14.2. The van der Waals surface area contributed by atoms with Crippen molar-refractivity contribution in [3.8, 4) is 0 Å². The van der Waals surface area contributed by atoms with Crippen LogP contribution in [0.4, 0.5) is 4.79 Å². The predicted octanol–water partition coefficient (Wildman–Crippen LogP) is 2.34. The lowest BCUT2D eigenvalue weighted by Crippen LogP contribution is -2.47. The van der Waals surface area contributed by atoms with Crippen LogP contribution in [-0.4, -0.2) is 41.8 Å². The molecule has 0 aromatic heterocycles. The zero-order valence-electron chi connectivity index (χ0n) is 12.1. The van der Waals surface area contributed by atoms with Crippen molar-refractivity contribution in [2.24, 2.45) is 5.92 Å². The lowest BCUT2D eigenvalue weighted by atomic mass is 10.0. The van der Waals surface area contributed by atoms with Crippen LogP contribution >= 0.6 is 0 Å². The molecule has 0 radical (unpaired) electrons. The van der Waals surface area contributed by atoms with Gasteiger partial charge in [-0.2, -0.15) is 0 Å². The number of methoxy groups -OCH3 is 1. The summed E-state index contributed by atoms with van der Waals surface area (Å²) in [6.07, 6.45) is 3.46. The molecule has 0 aromatic rings. The Hall–Kier alpha value is -1.26. The predicted molar refractivity (Wildman–Crippen MR) is 69.6 cm³/mol. The fourth-order valence-electron chi connectivity index (χ4n) is 3.21. The zero-order chi connectivity index (χ0) is 14.2. The molecule has 3 atom stereocenters. The lowest BCUT2D eigenvalue weighted by molar-refractivity contribution is -0.146. The number of ether oxygens (including phenoxy) is 2. The van der Waals surface area contributed by atoms with E-state index < -0.39 is 17.7 Å². The number of hydrogen-bond donors (Lipinski definition) is 0. The van der Waals surface area contributed by atoms with E-state index in [0.717, 1.165) is 19.3 Å². The third kappa shape index (κ3) is 2.85. The van der Waals surface area contributed by atoms with Crippen LogP contribution in [0.2, 0.25) is 0 Å². The molecule has 5 nitrogen and oxygen atoms in total. The summed E-state index contributed by atoms with van der Waals surface area (Å²) < 4.78 is 10.3. The van der Waals surface area contributed by atoms with Crippen LogP contribution in [0.1, 0.15) is 46.5 Å². The first-order chi connectivity index (χ1) is 8.83. The third-order valence-corrected chi connectivity index (χ3v) is 3.92. The third-order valence-electron chi connectivity index (χ3n) is 3.92. The summed E-state index contributed by atoms with van der Waals surface area (Å²) >= 11 is 0. The summed E-state index contributed by atoms with van der Waals surface area (Å²) in [5.41, 5.74) is -0.547. The molecule has 2 rings (SSSR count). The van der Waals surface area contributed by atoms with Gasteiger partial charge in [0.2, 0.25) is 0 Å². The number of rotatable bonds is 1. The van der Waals surface area contributed by atoms with Gasteiger partial charge in [-0.1, -0.05) is 6.42 Å². The standard InChI is InChI=1S/C14H23NO4/c1-14(2,3)19-13(17)15-10-7-5-6-9(10)8-11(15)12(16)18-4/h9-11H,5-8H2,1-4H3/t9-,10-,11+/m0/s1. The van der Waals surface area contributed by atoms with Gasteiger partial charge in [-0.25, -0.2) is 9.59 Å². The van der Waals surface area contributed by atoms with E-state index in [1.54, 1.807) is 4.90 Å². The number of amides is 1. The minimum atomic E-state index is -0.547. The highest BCUT2D eigenvalue weighted by atomic mass is 16.6. The lowest BCUT2D eigenvalue weighted by Gasteiger charge is -2.31. The van der Waals surface area contributed by atoms with Gasteiger partial charge in [-0.15, -0.1) is 0 Å². The highest BCUT2D eigenvalue weighted by Crippen LogP contribution is 2.42. The van der Waals surface area contributed by atoms with Crippen molar-refractivity contribution in [3.05, 3.63) is 0 Å². The number of carbonyl (C=O) groups is 2. The molecule has 108 valence electrons. The Morgan fingerprint density at radius 1 is 1.21 bits per heavy atom. The smallest absolute Gasteiger partial charge is 0.411 e. The summed E-state index contributed by atoms with van der Waals surface area (Å²) in [6.45, 7) is 5.50. The molecule has 1 saturated heterocycles. The molecular formula is C14H23NO4. The monoisotopic (exact) mass is 269 g/mol. The summed E-state index contributed by atoms with van der Waals surface area (Å²) in [5.74, 6) is 0.0804. The minimum Gasteiger partial charge on any atom is -0.467 e. The molecule has 1 amide bonds. The summed E-state index contributed by atoms with van der Waals surface area (Å²) in [6, 6.07) is -0.339. The topological polar surface area (TPSA) is 55.8 Å². The number of carbonyl (C=O) groups excluding carboxylic acids is 2. The second-order valence-corrected chi connectivity index (χ2v) is 6.42.